The molecule has 0 amide bonds. The van der Waals surface area contributed by atoms with Gasteiger partial charge in [-0.25, -0.2) is 9.78 Å². The molecule has 0 radical (unpaired) electrons. The lowest BCUT2D eigenvalue weighted by molar-refractivity contribution is 0.0699. The van der Waals surface area contributed by atoms with Crippen molar-refractivity contribution in [1.82, 2.24) is 9.97 Å². The van der Waals surface area contributed by atoms with E-state index in [4.69, 9.17) is 5.11 Å². The summed E-state index contributed by atoms with van der Waals surface area (Å²) in [5.41, 5.74) is 1.84. The highest BCUT2D eigenvalue weighted by molar-refractivity contribution is 6.02. The number of pyridine rings is 1. The van der Waals surface area contributed by atoms with E-state index in [2.05, 4.69) is 9.97 Å². The van der Waals surface area contributed by atoms with Crippen LogP contribution in [0.3, 0.4) is 0 Å². The number of nitrogens with one attached hydrogen (secondary N) is 1. The standard InChI is InChI=1S/C9H8N2O2/c1-5-2-6-7(9(12)13)4-11-8(6)10-3-5/h2-4H,1H3,(H,10,11)(H,12,13). The van der Waals surface area contributed by atoms with Gasteiger partial charge in [-0.05, 0) is 18.6 Å². The highest BCUT2D eigenvalue weighted by atomic mass is 16.4. The molecule has 0 aliphatic rings. The summed E-state index contributed by atoms with van der Waals surface area (Å²) in [5.74, 6) is -0.932. The van der Waals surface area contributed by atoms with Gasteiger partial charge in [0.25, 0.3) is 0 Å². The molecule has 0 aliphatic carbocycles. The molecule has 0 atom stereocenters. The van der Waals surface area contributed by atoms with Gasteiger partial charge in [0.05, 0.1) is 5.56 Å². The third kappa shape index (κ3) is 1.16. The van der Waals surface area contributed by atoms with Gasteiger partial charge < -0.3 is 10.1 Å². The lowest BCUT2D eigenvalue weighted by atomic mass is 10.2. The van der Waals surface area contributed by atoms with Crippen LogP contribution in [0.4, 0.5) is 0 Å². The van der Waals surface area contributed by atoms with Gasteiger partial charge in [0, 0.05) is 17.8 Å². The molecule has 2 N–H and O–H groups in total. The van der Waals surface area contributed by atoms with E-state index in [0.29, 0.717) is 11.0 Å². The zero-order chi connectivity index (χ0) is 9.42. The van der Waals surface area contributed by atoms with Crippen molar-refractivity contribution in [3.8, 4) is 0 Å². The Labute approximate surface area is 74.2 Å². The number of hydrogen-bond acceptors (Lipinski definition) is 2. The first-order chi connectivity index (χ1) is 6.18. The van der Waals surface area contributed by atoms with Crippen molar-refractivity contribution in [1.29, 1.82) is 0 Å². The van der Waals surface area contributed by atoms with Crippen LogP contribution in [0.25, 0.3) is 11.0 Å². The summed E-state index contributed by atoms with van der Waals surface area (Å²) in [7, 11) is 0. The molecule has 2 rings (SSSR count). The molecule has 2 heterocycles. The van der Waals surface area contributed by atoms with Gasteiger partial charge in [-0.15, -0.1) is 0 Å². The van der Waals surface area contributed by atoms with Crippen LogP contribution in [0, 0.1) is 6.92 Å². The summed E-state index contributed by atoms with van der Waals surface area (Å²) >= 11 is 0. The molecule has 0 aliphatic heterocycles. The number of fused-ring (bicyclic) bond motifs is 1. The van der Waals surface area contributed by atoms with Crippen molar-refractivity contribution in [2.45, 2.75) is 6.92 Å². The Kier molecular flexibility index (Phi) is 1.55. The summed E-state index contributed by atoms with van der Waals surface area (Å²) in [4.78, 5) is 17.6. The lowest BCUT2D eigenvalue weighted by Gasteiger charge is -1.93. The van der Waals surface area contributed by atoms with Crippen LogP contribution >= 0.6 is 0 Å². The van der Waals surface area contributed by atoms with Gasteiger partial charge in [-0.1, -0.05) is 0 Å². The van der Waals surface area contributed by atoms with E-state index in [1.165, 1.54) is 6.20 Å². The number of aromatic carboxylic acids is 1. The van der Waals surface area contributed by atoms with Gasteiger partial charge in [-0.3, -0.25) is 0 Å². The molecule has 4 nitrogen and oxygen atoms in total. The molecule has 4 heteroatoms. The molecule has 0 bridgehead atoms. The minimum Gasteiger partial charge on any atom is -0.478 e. The number of aryl methyl sites for hydroxylation is 1. The predicted octanol–water partition coefficient (Wildman–Crippen LogP) is 1.57. The van der Waals surface area contributed by atoms with E-state index >= 15 is 0 Å². The second kappa shape index (κ2) is 2.58. The molecule has 2 aromatic heterocycles. The average molecular weight is 176 g/mol. The van der Waals surface area contributed by atoms with Crippen LogP contribution in [0.15, 0.2) is 18.5 Å². The maximum Gasteiger partial charge on any atom is 0.337 e. The SMILES string of the molecule is Cc1cnc2[nH]cc(C(=O)O)c2c1. The topological polar surface area (TPSA) is 66.0 Å². The van der Waals surface area contributed by atoms with Crippen LogP contribution in [-0.2, 0) is 0 Å². The molecule has 66 valence electrons. The van der Waals surface area contributed by atoms with E-state index in [-0.39, 0.29) is 5.56 Å². The first-order valence-electron chi connectivity index (χ1n) is 3.85. The van der Waals surface area contributed by atoms with Gasteiger partial charge in [0.15, 0.2) is 0 Å². The smallest absolute Gasteiger partial charge is 0.337 e. The molecule has 0 fully saturated rings. The van der Waals surface area contributed by atoms with Crippen molar-refractivity contribution in [2.24, 2.45) is 0 Å². The number of aromatic nitrogens is 2. The lowest BCUT2D eigenvalue weighted by Crippen LogP contribution is -1.93. The van der Waals surface area contributed by atoms with Gasteiger partial charge in [0.2, 0.25) is 0 Å². The largest absolute Gasteiger partial charge is 0.478 e. The fourth-order valence-corrected chi connectivity index (χ4v) is 1.28. The molecule has 0 saturated carbocycles. The number of aromatic amines is 1. The Hall–Kier alpha value is -1.84. The fourth-order valence-electron chi connectivity index (χ4n) is 1.28. The van der Waals surface area contributed by atoms with Gasteiger partial charge >= 0.3 is 5.97 Å². The molecule has 0 unspecified atom stereocenters. The maximum absolute atomic E-state index is 10.7. The van der Waals surface area contributed by atoms with Crippen molar-refractivity contribution >= 4 is 17.0 Å². The van der Waals surface area contributed by atoms with Gasteiger partial charge in [0.1, 0.15) is 5.65 Å². The summed E-state index contributed by atoms with van der Waals surface area (Å²) in [6, 6.07) is 1.81. The quantitative estimate of drug-likeness (QED) is 0.693. The Morgan fingerprint density at radius 1 is 1.62 bits per heavy atom. The van der Waals surface area contributed by atoms with E-state index < -0.39 is 5.97 Å². The monoisotopic (exact) mass is 176 g/mol. The first kappa shape index (κ1) is 7.79. The van der Waals surface area contributed by atoms with E-state index in [0.717, 1.165) is 5.56 Å². The van der Waals surface area contributed by atoms with Crippen molar-refractivity contribution < 1.29 is 9.90 Å². The normalized spacial score (nSPS) is 10.5. The number of carboxylic acids is 1. The second-order valence-corrected chi connectivity index (χ2v) is 2.92. The summed E-state index contributed by atoms with van der Waals surface area (Å²) in [6.45, 7) is 1.88. The molecular weight excluding hydrogens is 168 g/mol. The van der Waals surface area contributed by atoms with E-state index in [9.17, 15) is 4.79 Å². The van der Waals surface area contributed by atoms with E-state index in [1.807, 2.05) is 13.0 Å². The van der Waals surface area contributed by atoms with Crippen molar-refractivity contribution in [2.75, 3.05) is 0 Å². The minimum atomic E-state index is -0.932. The summed E-state index contributed by atoms with van der Waals surface area (Å²) in [6.07, 6.45) is 3.16. The Bertz CT molecular complexity index is 473. The van der Waals surface area contributed by atoms with Gasteiger partial charge in [-0.2, -0.15) is 0 Å². The average Bonchev–Trinajstić information content (AvgIpc) is 2.46. The zero-order valence-corrected chi connectivity index (χ0v) is 7.03. The fraction of sp³-hybridized carbons (Fsp3) is 0.111. The molecule has 0 aromatic carbocycles. The Balaban J connectivity index is 2.79. The molecule has 0 spiro atoms. The third-order valence-electron chi connectivity index (χ3n) is 1.90. The number of nitrogens with zero attached hydrogens (tertiary/aromatic N) is 1. The number of rotatable bonds is 1. The van der Waals surface area contributed by atoms with Crippen LogP contribution in [0.2, 0.25) is 0 Å². The van der Waals surface area contributed by atoms with Crippen LogP contribution in [0.5, 0.6) is 0 Å². The Morgan fingerprint density at radius 3 is 3.08 bits per heavy atom. The highest BCUT2D eigenvalue weighted by Crippen LogP contribution is 2.16. The molecule has 13 heavy (non-hydrogen) atoms. The minimum absolute atomic E-state index is 0.270. The van der Waals surface area contributed by atoms with Crippen molar-refractivity contribution in [3.05, 3.63) is 29.6 Å². The molecule has 2 aromatic rings. The number of hydrogen-bond donors (Lipinski definition) is 2. The first-order valence-corrected chi connectivity index (χ1v) is 3.85. The van der Waals surface area contributed by atoms with Crippen LogP contribution < -0.4 is 0 Å². The number of H-pyrrole nitrogens is 1. The molecular formula is C9H8N2O2. The predicted molar refractivity (Wildman–Crippen MR) is 47.8 cm³/mol. The maximum atomic E-state index is 10.7. The third-order valence-corrected chi connectivity index (χ3v) is 1.90. The number of carbonyl (C=O) groups is 1. The summed E-state index contributed by atoms with van der Waals surface area (Å²) < 4.78 is 0. The van der Waals surface area contributed by atoms with Crippen molar-refractivity contribution in [3.63, 3.8) is 0 Å². The van der Waals surface area contributed by atoms with Crippen LogP contribution in [-0.4, -0.2) is 21.0 Å². The number of carboxylic acid groups (broad SMARTS) is 1. The second-order valence-electron chi connectivity index (χ2n) is 2.92. The highest BCUT2D eigenvalue weighted by Gasteiger charge is 2.10. The Morgan fingerprint density at radius 2 is 2.38 bits per heavy atom. The van der Waals surface area contributed by atoms with Crippen LogP contribution in [0.1, 0.15) is 15.9 Å². The summed E-state index contributed by atoms with van der Waals surface area (Å²) in [5, 5.41) is 9.47. The zero-order valence-electron chi connectivity index (χ0n) is 7.03. The van der Waals surface area contributed by atoms with E-state index in [1.54, 1.807) is 6.20 Å². The molecule has 0 saturated heterocycles.